The molecule has 1 unspecified atom stereocenters. The fourth-order valence-corrected chi connectivity index (χ4v) is 2.78. The first-order valence-electron chi connectivity index (χ1n) is 5.88. The number of benzene rings is 2. The highest BCUT2D eigenvalue weighted by Crippen LogP contribution is 2.36. The molecule has 1 aliphatic heterocycles. The fourth-order valence-electron chi connectivity index (χ4n) is 2.19. The molecule has 0 saturated carbocycles. The zero-order chi connectivity index (χ0) is 13.4. The second-order valence-corrected chi connectivity index (χ2v) is 5.78. The van der Waals surface area contributed by atoms with Gasteiger partial charge in [-0.1, -0.05) is 39.7 Å². The fraction of sp³-hybridized carbons (Fsp3) is 0.133. The van der Waals surface area contributed by atoms with E-state index in [1.807, 2.05) is 24.3 Å². The number of fused-ring (bicyclic) bond motifs is 1. The van der Waals surface area contributed by atoms with Crippen molar-refractivity contribution in [1.29, 1.82) is 0 Å². The van der Waals surface area contributed by atoms with Crippen LogP contribution in [0.5, 0.6) is 5.75 Å². The van der Waals surface area contributed by atoms with Crippen LogP contribution in [-0.2, 0) is 0 Å². The van der Waals surface area contributed by atoms with E-state index >= 15 is 0 Å². The molecule has 0 fully saturated rings. The maximum atomic E-state index is 12.2. The number of halogens is 2. The van der Waals surface area contributed by atoms with Crippen molar-refractivity contribution in [2.24, 2.45) is 0 Å². The van der Waals surface area contributed by atoms with E-state index in [9.17, 15) is 4.79 Å². The second-order valence-electron chi connectivity index (χ2n) is 4.43. The lowest BCUT2D eigenvalue weighted by Crippen LogP contribution is -2.20. The summed E-state index contributed by atoms with van der Waals surface area (Å²) in [6.07, 6.45) is 0.0998. The number of carbonyl (C=O) groups excluding carboxylic acids is 1. The number of ether oxygens (including phenoxy) is 1. The van der Waals surface area contributed by atoms with E-state index < -0.39 is 0 Å². The second kappa shape index (κ2) is 4.99. The van der Waals surface area contributed by atoms with Crippen molar-refractivity contribution in [2.45, 2.75) is 12.5 Å². The van der Waals surface area contributed by atoms with Gasteiger partial charge >= 0.3 is 0 Å². The minimum atomic E-state index is -0.237. The van der Waals surface area contributed by atoms with Gasteiger partial charge in [0.15, 0.2) is 5.78 Å². The smallest absolute Gasteiger partial charge is 0.170 e. The van der Waals surface area contributed by atoms with Crippen molar-refractivity contribution < 1.29 is 9.53 Å². The van der Waals surface area contributed by atoms with Crippen LogP contribution in [0.4, 0.5) is 0 Å². The van der Waals surface area contributed by atoms with Crippen LogP contribution >= 0.6 is 27.5 Å². The number of rotatable bonds is 1. The van der Waals surface area contributed by atoms with Gasteiger partial charge in [0.05, 0.1) is 12.0 Å². The van der Waals surface area contributed by atoms with Crippen LogP contribution in [0, 0.1) is 0 Å². The van der Waals surface area contributed by atoms with Crippen LogP contribution < -0.4 is 4.74 Å². The maximum Gasteiger partial charge on any atom is 0.170 e. The molecule has 0 amide bonds. The molecule has 3 rings (SSSR count). The van der Waals surface area contributed by atoms with Gasteiger partial charge in [-0.25, -0.2) is 0 Å². The predicted octanol–water partition coefficient (Wildman–Crippen LogP) is 4.81. The Morgan fingerprint density at radius 2 is 2.05 bits per heavy atom. The largest absolute Gasteiger partial charge is 0.484 e. The summed E-state index contributed by atoms with van der Waals surface area (Å²) in [5.74, 6) is 0.666. The van der Waals surface area contributed by atoms with Crippen molar-refractivity contribution in [3.05, 3.63) is 63.1 Å². The molecule has 1 aliphatic rings. The zero-order valence-corrected chi connectivity index (χ0v) is 12.2. The lowest BCUT2D eigenvalue weighted by atomic mass is 9.96. The normalized spacial score (nSPS) is 17.8. The molecule has 19 heavy (non-hydrogen) atoms. The highest BCUT2D eigenvalue weighted by molar-refractivity contribution is 9.10. The van der Waals surface area contributed by atoms with Crippen molar-refractivity contribution in [2.75, 3.05) is 0 Å². The van der Waals surface area contributed by atoms with E-state index in [-0.39, 0.29) is 11.9 Å². The predicted molar refractivity (Wildman–Crippen MR) is 77.9 cm³/mol. The van der Waals surface area contributed by atoms with Gasteiger partial charge in [-0.05, 0) is 35.9 Å². The molecule has 2 aromatic rings. The highest BCUT2D eigenvalue weighted by atomic mass is 79.9. The molecule has 2 aromatic carbocycles. The van der Waals surface area contributed by atoms with Crippen LogP contribution in [0.25, 0.3) is 0 Å². The van der Waals surface area contributed by atoms with Gasteiger partial charge in [-0.2, -0.15) is 0 Å². The first kappa shape index (κ1) is 12.7. The van der Waals surface area contributed by atoms with Crippen LogP contribution in [0.2, 0.25) is 5.02 Å². The molecular weight excluding hydrogens is 328 g/mol. The van der Waals surface area contributed by atoms with Gasteiger partial charge in [-0.15, -0.1) is 0 Å². The quantitative estimate of drug-likeness (QED) is 0.746. The monoisotopic (exact) mass is 336 g/mol. The van der Waals surface area contributed by atoms with Crippen molar-refractivity contribution in [3.8, 4) is 5.75 Å². The Morgan fingerprint density at radius 3 is 2.84 bits per heavy atom. The summed E-state index contributed by atoms with van der Waals surface area (Å²) < 4.78 is 6.87. The molecule has 0 aliphatic carbocycles. The molecule has 1 heterocycles. The number of ketones is 1. The summed E-state index contributed by atoms with van der Waals surface area (Å²) in [6.45, 7) is 0. The average Bonchev–Trinajstić information content (AvgIpc) is 2.39. The van der Waals surface area contributed by atoms with E-state index in [0.29, 0.717) is 22.8 Å². The summed E-state index contributed by atoms with van der Waals surface area (Å²) in [6, 6.07) is 13.0. The Balaban J connectivity index is 1.97. The standard InChI is InChI=1S/C15H10BrClO2/c16-10-3-1-2-9(6-10)15-8-13(18)12-7-11(17)4-5-14(12)19-15/h1-7,15H,8H2. The molecule has 4 heteroatoms. The summed E-state index contributed by atoms with van der Waals surface area (Å²) >= 11 is 9.33. The molecule has 0 aromatic heterocycles. The van der Waals surface area contributed by atoms with Gasteiger partial charge in [0.2, 0.25) is 0 Å². The molecule has 0 bridgehead atoms. The molecule has 1 atom stereocenters. The van der Waals surface area contributed by atoms with E-state index in [1.165, 1.54) is 0 Å². The average molecular weight is 338 g/mol. The van der Waals surface area contributed by atoms with Crippen LogP contribution in [0.3, 0.4) is 0 Å². The van der Waals surface area contributed by atoms with E-state index in [1.54, 1.807) is 18.2 Å². The molecule has 0 N–H and O–H groups in total. The van der Waals surface area contributed by atoms with E-state index in [4.69, 9.17) is 16.3 Å². The van der Waals surface area contributed by atoms with Crippen LogP contribution in [-0.4, -0.2) is 5.78 Å². The number of Topliss-reactive ketones (excluding diaryl/α,β-unsaturated/α-hetero) is 1. The first-order valence-corrected chi connectivity index (χ1v) is 7.05. The Hall–Kier alpha value is -1.32. The molecule has 2 nitrogen and oxygen atoms in total. The van der Waals surface area contributed by atoms with E-state index in [0.717, 1.165) is 10.0 Å². The summed E-state index contributed by atoms with van der Waals surface area (Å²) in [5, 5.41) is 0.552. The van der Waals surface area contributed by atoms with Gasteiger partial charge < -0.3 is 4.74 Å². The molecule has 0 radical (unpaired) electrons. The van der Waals surface area contributed by atoms with Gasteiger partial charge in [-0.3, -0.25) is 4.79 Å². The lowest BCUT2D eigenvalue weighted by molar-refractivity contribution is 0.0850. The zero-order valence-electron chi connectivity index (χ0n) is 9.90. The number of carbonyl (C=O) groups is 1. The Morgan fingerprint density at radius 1 is 1.21 bits per heavy atom. The van der Waals surface area contributed by atoms with Gasteiger partial charge in [0, 0.05) is 9.50 Å². The first-order chi connectivity index (χ1) is 9.13. The van der Waals surface area contributed by atoms with Crippen molar-refractivity contribution >= 4 is 33.3 Å². The number of hydrogen-bond acceptors (Lipinski definition) is 2. The van der Waals surface area contributed by atoms with Crippen LogP contribution in [0.15, 0.2) is 46.9 Å². The molecule has 0 spiro atoms. The third kappa shape index (κ3) is 2.53. The Kier molecular flexibility index (Phi) is 3.33. The lowest BCUT2D eigenvalue weighted by Gasteiger charge is -2.25. The van der Waals surface area contributed by atoms with Gasteiger partial charge in [0.25, 0.3) is 0 Å². The van der Waals surface area contributed by atoms with Crippen molar-refractivity contribution in [3.63, 3.8) is 0 Å². The maximum absolute atomic E-state index is 12.2. The minimum absolute atomic E-state index is 0.0636. The third-order valence-electron chi connectivity index (χ3n) is 3.10. The Labute approximate surface area is 124 Å². The molecule has 96 valence electrons. The third-order valence-corrected chi connectivity index (χ3v) is 3.83. The van der Waals surface area contributed by atoms with Crippen molar-refractivity contribution in [1.82, 2.24) is 0 Å². The number of hydrogen-bond donors (Lipinski definition) is 0. The molecular formula is C15H10BrClO2. The van der Waals surface area contributed by atoms with Gasteiger partial charge in [0.1, 0.15) is 11.9 Å². The summed E-state index contributed by atoms with van der Waals surface area (Å²) in [4.78, 5) is 12.2. The Bertz CT molecular complexity index is 654. The molecule has 0 saturated heterocycles. The highest BCUT2D eigenvalue weighted by Gasteiger charge is 2.27. The van der Waals surface area contributed by atoms with E-state index in [2.05, 4.69) is 15.9 Å². The summed E-state index contributed by atoms with van der Waals surface area (Å²) in [7, 11) is 0. The van der Waals surface area contributed by atoms with Crippen LogP contribution in [0.1, 0.15) is 28.4 Å². The minimum Gasteiger partial charge on any atom is -0.484 e. The SMILES string of the molecule is O=C1CC(c2cccc(Br)c2)Oc2ccc(Cl)cc21. The summed E-state index contributed by atoms with van der Waals surface area (Å²) in [5.41, 5.74) is 1.56. The topological polar surface area (TPSA) is 26.3 Å².